The van der Waals surface area contributed by atoms with Gasteiger partial charge in [-0.1, -0.05) is 18.2 Å². The van der Waals surface area contributed by atoms with Crippen molar-refractivity contribution in [2.24, 2.45) is 0 Å². The van der Waals surface area contributed by atoms with Crippen LogP contribution in [0, 0.1) is 27.7 Å². The van der Waals surface area contributed by atoms with Crippen LogP contribution in [0.4, 0.5) is 16.2 Å². The molecule has 1 fully saturated rings. The van der Waals surface area contributed by atoms with Crippen LogP contribution in [-0.2, 0) is 11.3 Å². The fraction of sp³-hybridized carbons (Fsp3) is 0.318. The van der Waals surface area contributed by atoms with Gasteiger partial charge in [-0.25, -0.2) is 9.78 Å². The highest BCUT2D eigenvalue weighted by Gasteiger charge is 2.28. The highest BCUT2D eigenvalue weighted by Crippen LogP contribution is 2.26. The number of aromatic nitrogens is 2. The Morgan fingerprint density at radius 1 is 1.14 bits per heavy atom. The first-order valence-corrected chi connectivity index (χ1v) is 9.69. The maximum atomic E-state index is 12.4. The van der Waals surface area contributed by atoms with E-state index < -0.39 is 0 Å². The average molecular weight is 391 g/mol. The van der Waals surface area contributed by atoms with Gasteiger partial charge in [0.1, 0.15) is 0 Å². The topological polar surface area (TPSA) is 78.7 Å². The number of hydrogen-bond donors (Lipinski definition) is 2. The number of hydrogen-bond acceptors (Lipinski definition) is 4. The van der Waals surface area contributed by atoms with E-state index in [0.717, 1.165) is 22.7 Å². The molecule has 150 valence electrons. The minimum atomic E-state index is -0.265. The Balaban J connectivity index is 1.65. The first-order chi connectivity index (χ1) is 13.8. The van der Waals surface area contributed by atoms with E-state index in [0.29, 0.717) is 12.2 Å². The summed E-state index contributed by atoms with van der Waals surface area (Å²) in [6, 6.07) is 7.90. The quantitative estimate of drug-likeness (QED) is 0.712. The number of anilines is 2. The highest BCUT2D eigenvalue weighted by molar-refractivity contribution is 6.00. The zero-order valence-corrected chi connectivity index (χ0v) is 17.2. The van der Waals surface area contributed by atoms with E-state index in [4.69, 9.17) is 4.98 Å². The lowest BCUT2D eigenvalue weighted by molar-refractivity contribution is -0.126. The molecule has 1 aromatic carbocycles. The number of ketones is 1. The summed E-state index contributed by atoms with van der Waals surface area (Å²) in [5.41, 5.74) is 8.00. The molecular formula is C22H25N5O2. The Morgan fingerprint density at radius 3 is 2.48 bits per heavy atom. The number of carbonyl (C=O) groups excluding carboxylic acids is 2. The Bertz CT molecular complexity index is 1100. The number of pyridine rings is 1. The van der Waals surface area contributed by atoms with Crippen molar-refractivity contribution in [2.75, 3.05) is 23.7 Å². The number of imidazole rings is 1. The van der Waals surface area contributed by atoms with Crippen LogP contribution in [0.25, 0.3) is 5.65 Å². The summed E-state index contributed by atoms with van der Waals surface area (Å²) in [5.74, 6) is 0.0765. The third-order valence-corrected chi connectivity index (χ3v) is 5.57. The fourth-order valence-corrected chi connectivity index (χ4v) is 3.61. The highest BCUT2D eigenvalue weighted by atomic mass is 16.2. The summed E-state index contributed by atoms with van der Waals surface area (Å²) in [6.45, 7) is 9.20. The summed E-state index contributed by atoms with van der Waals surface area (Å²) in [7, 11) is 0. The second-order valence-electron chi connectivity index (χ2n) is 7.67. The van der Waals surface area contributed by atoms with Crippen molar-refractivity contribution in [1.82, 2.24) is 14.3 Å². The molecule has 7 nitrogen and oxygen atoms in total. The second-order valence-corrected chi connectivity index (χ2v) is 7.67. The van der Waals surface area contributed by atoms with Crippen LogP contribution in [0.1, 0.15) is 28.1 Å². The van der Waals surface area contributed by atoms with Crippen LogP contribution in [-0.4, -0.2) is 39.2 Å². The Hall–Kier alpha value is -3.35. The molecule has 2 amide bonds. The van der Waals surface area contributed by atoms with Crippen molar-refractivity contribution in [3.8, 4) is 0 Å². The number of aryl methyl sites for hydroxylation is 4. The SMILES string of the molecule is Cc1cccc(C)c1CNc1cc(NC(=O)N2CC(=O)C2)cn2c(C)c(C)nc12. The summed E-state index contributed by atoms with van der Waals surface area (Å²) < 4.78 is 1.99. The van der Waals surface area contributed by atoms with Crippen LogP contribution in [0.3, 0.4) is 0 Å². The van der Waals surface area contributed by atoms with Crippen LogP contribution < -0.4 is 10.6 Å². The lowest BCUT2D eigenvalue weighted by Crippen LogP contribution is -2.52. The number of nitrogens with zero attached hydrogens (tertiary/aromatic N) is 3. The van der Waals surface area contributed by atoms with Crippen molar-refractivity contribution in [3.05, 3.63) is 58.5 Å². The third kappa shape index (κ3) is 3.55. The van der Waals surface area contributed by atoms with Crippen LogP contribution in [0.2, 0.25) is 0 Å². The lowest BCUT2D eigenvalue weighted by atomic mass is 10.0. The van der Waals surface area contributed by atoms with Gasteiger partial charge in [0.2, 0.25) is 0 Å². The van der Waals surface area contributed by atoms with Crippen LogP contribution in [0.5, 0.6) is 0 Å². The fourth-order valence-electron chi connectivity index (χ4n) is 3.61. The van der Waals surface area contributed by atoms with Crippen LogP contribution in [0.15, 0.2) is 30.5 Å². The minimum absolute atomic E-state index is 0.0765. The van der Waals surface area contributed by atoms with Gasteiger partial charge in [0, 0.05) is 18.4 Å². The van der Waals surface area contributed by atoms with Gasteiger partial charge in [-0.15, -0.1) is 0 Å². The molecule has 2 N–H and O–H groups in total. The van der Waals surface area contributed by atoms with E-state index in [9.17, 15) is 9.59 Å². The summed E-state index contributed by atoms with van der Waals surface area (Å²) in [5, 5.41) is 6.40. The summed E-state index contributed by atoms with van der Waals surface area (Å²) in [4.78, 5) is 29.7. The lowest BCUT2D eigenvalue weighted by Gasteiger charge is -2.29. The zero-order chi connectivity index (χ0) is 20.7. The van der Waals surface area contributed by atoms with Gasteiger partial charge < -0.3 is 19.9 Å². The molecular weight excluding hydrogens is 366 g/mol. The molecule has 7 heteroatoms. The largest absolute Gasteiger partial charge is 0.378 e. The molecule has 2 aromatic heterocycles. The van der Waals surface area contributed by atoms with E-state index in [-0.39, 0.29) is 24.9 Å². The van der Waals surface area contributed by atoms with E-state index in [2.05, 4.69) is 42.7 Å². The Morgan fingerprint density at radius 2 is 1.83 bits per heavy atom. The second kappa shape index (κ2) is 7.24. The Kier molecular flexibility index (Phi) is 4.74. The molecule has 1 aliphatic rings. The maximum absolute atomic E-state index is 12.4. The molecule has 0 atom stereocenters. The van der Waals surface area contributed by atoms with Gasteiger partial charge >= 0.3 is 6.03 Å². The molecule has 1 saturated heterocycles. The number of amides is 2. The third-order valence-electron chi connectivity index (χ3n) is 5.57. The first kappa shape index (κ1) is 19.0. The predicted molar refractivity (Wildman–Crippen MR) is 114 cm³/mol. The molecule has 4 rings (SSSR count). The van der Waals surface area contributed by atoms with E-state index >= 15 is 0 Å². The van der Waals surface area contributed by atoms with Crippen LogP contribution >= 0.6 is 0 Å². The van der Waals surface area contributed by atoms with Crippen molar-refractivity contribution in [1.29, 1.82) is 0 Å². The van der Waals surface area contributed by atoms with Crippen molar-refractivity contribution in [2.45, 2.75) is 34.2 Å². The van der Waals surface area contributed by atoms with Gasteiger partial charge in [-0.05, 0) is 50.5 Å². The number of rotatable bonds is 4. The van der Waals surface area contributed by atoms with E-state index in [1.54, 1.807) is 0 Å². The zero-order valence-electron chi connectivity index (χ0n) is 17.2. The molecule has 1 aliphatic heterocycles. The predicted octanol–water partition coefficient (Wildman–Crippen LogP) is 3.60. The number of likely N-dealkylation sites (tertiary alicyclic amines) is 1. The summed E-state index contributed by atoms with van der Waals surface area (Å²) in [6.07, 6.45) is 1.87. The number of benzene rings is 1. The van der Waals surface area contributed by atoms with Crippen molar-refractivity contribution < 1.29 is 9.59 Å². The van der Waals surface area contributed by atoms with Gasteiger partial charge in [-0.3, -0.25) is 4.79 Å². The smallest absolute Gasteiger partial charge is 0.322 e. The average Bonchev–Trinajstić information content (AvgIpc) is 2.93. The van der Waals surface area contributed by atoms with E-state index in [1.165, 1.54) is 21.6 Å². The standard InChI is InChI=1S/C22H25N5O2/c1-13-6-5-7-14(2)19(13)9-23-20-8-17(25-22(29)26-11-18(28)12-26)10-27-16(4)15(3)24-21(20)27/h5-8,10,23H,9,11-12H2,1-4H3,(H,25,29). The molecule has 0 aliphatic carbocycles. The number of nitrogens with one attached hydrogen (secondary N) is 2. The maximum Gasteiger partial charge on any atom is 0.322 e. The van der Waals surface area contributed by atoms with Gasteiger partial charge in [-0.2, -0.15) is 0 Å². The number of Topliss-reactive ketones (excluding diaryl/α,β-unsaturated/α-hetero) is 1. The van der Waals surface area contributed by atoms with Crippen molar-refractivity contribution >= 4 is 28.8 Å². The normalized spacial score (nSPS) is 13.5. The molecule has 29 heavy (non-hydrogen) atoms. The first-order valence-electron chi connectivity index (χ1n) is 9.69. The molecule has 0 bridgehead atoms. The van der Waals surface area contributed by atoms with Gasteiger partial charge in [0.25, 0.3) is 0 Å². The van der Waals surface area contributed by atoms with E-state index in [1.807, 2.05) is 30.5 Å². The molecule has 3 aromatic rings. The minimum Gasteiger partial charge on any atom is -0.378 e. The monoisotopic (exact) mass is 391 g/mol. The number of urea groups is 1. The number of fused-ring (bicyclic) bond motifs is 1. The Labute approximate surface area is 169 Å². The summed E-state index contributed by atoms with van der Waals surface area (Å²) >= 11 is 0. The molecule has 0 saturated carbocycles. The molecule has 3 heterocycles. The van der Waals surface area contributed by atoms with Gasteiger partial charge in [0.15, 0.2) is 11.4 Å². The van der Waals surface area contributed by atoms with Gasteiger partial charge in [0.05, 0.1) is 30.2 Å². The molecule has 0 radical (unpaired) electrons. The van der Waals surface area contributed by atoms with Crippen molar-refractivity contribution in [3.63, 3.8) is 0 Å². The molecule has 0 unspecified atom stereocenters. The number of carbonyl (C=O) groups is 2. The molecule has 0 spiro atoms.